The lowest BCUT2D eigenvalue weighted by molar-refractivity contribution is -0.137. The second kappa shape index (κ2) is 4.91. The first kappa shape index (κ1) is 14.0. The van der Waals surface area contributed by atoms with E-state index in [4.69, 9.17) is 0 Å². The summed E-state index contributed by atoms with van der Waals surface area (Å²) in [6.07, 6.45) is -4.68. The zero-order chi connectivity index (χ0) is 14.9. The van der Waals surface area contributed by atoms with Gasteiger partial charge in [-0.2, -0.15) is 18.2 Å². The van der Waals surface area contributed by atoms with Crippen molar-refractivity contribution >= 4 is 11.9 Å². The third-order valence-corrected chi connectivity index (χ3v) is 2.29. The Morgan fingerprint density at radius 3 is 2.60 bits per heavy atom. The Hall–Kier alpha value is -2.45. The molecule has 106 valence electrons. The third-order valence-electron chi connectivity index (χ3n) is 2.29. The van der Waals surface area contributed by atoms with Gasteiger partial charge in [0.1, 0.15) is 5.82 Å². The number of anilines is 1. The van der Waals surface area contributed by atoms with Gasteiger partial charge in [0.05, 0.1) is 11.1 Å². The molecule has 1 aromatic heterocycles. The molecule has 1 heterocycles. The number of alkyl halides is 3. The van der Waals surface area contributed by atoms with E-state index >= 15 is 0 Å². The second-order valence-corrected chi connectivity index (χ2v) is 3.79. The number of hydrogen-bond acceptors (Lipinski definition) is 4. The molecule has 9 heteroatoms. The Morgan fingerprint density at radius 1 is 1.35 bits per heavy atom. The molecule has 20 heavy (non-hydrogen) atoms. The molecule has 1 amide bonds. The summed E-state index contributed by atoms with van der Waals surface area (Å²) < 4.78 is 55.5. The van der Waals surface area contributed by atoms with Crippen LogP contribution in [0.25, 0.3) is 0 Å². The highest BCUT2D eigenvalue weighted by Gasteiger charge is 2.32. The number of nitrogens with one attached hydrogen (secondary N) is 1. The number of aryl methyl sites for hydroxylation is 1. The van der Waals surface area contributed by atoms with Gasteiger partial charge in [-0.3, -0.25) is 10.1 Å². The molecule has 0 aliphatic rings. The fraction of sp³-hybridized carbons (Fsp3) is 0.182. The largest absolute Gasteiger partial charge is 0.416 e. The predicted molar refractivity (Wildman–Crippen MR) is 58.4 cm³/mol. The van der Waals surface area contributed by atoms with Crippen LogP contribution in [0.1, 0.15) is 21.7 Å². The molecular weight excluding hydrogens is 282 g/mol. The highest BCUT2D eigenvalue weighted by atomic mass is 19.4. The van der Waals surface area contributed by atoms with E-state index in [9.17, 15) is 22.4 Å². The summed E-state index contributed by atoms with van der Waals surface area (Å²) in [6.45, 7) is 1.48. The second-order valence-electron chi connectivity index (χ2n) is 3.79. The number of amides is 1. The molecule has 1 aromatic carbocycles. The van der Waals surface area contributed by atoms with Gasteiger partial charge in [0.15, 0.2) is 5.82 Å². The van der Waals surface area contributed by atoms with Crippen LogP contribution >= 0.6 is 0 Å². The van der Waals surface area contributed by atoms with Crippen molar-refractivity contribution in [2.75, 3.05) is 5.32 Å². The topological polar surface area (TPSA) is 68.0 Å². The smallest absolute Gasteiger partial charge is 0.315 e. The molecule has 0 atom stereocenters. The first-order valence-electron chi connectivity index (χ1n) is 5.26. The van der Waals surface area contributed by atoms with Crippen LogP contribution in [0.2, 0.25) is 0 Å². The summed E-state index contributed by atoms with van der Waals surface area (Å²) >= 11 is 0. The summed E-state index contributed by atoms with van der Waals surface area (Å²) in [5.74, 6) is -1.99. The van der Waals surface area contributed by atoms with Crippen molar-refractivity contribution in [2.45, 2.75) is 13.1 Å². The number of hydrogen-bond donors (Lipinski definition) is 1. The first-order valence-corrected chi connectivity index (χ1v) is 5.26. The molecule has 0 saturated heterocycles. The van der Waals surface area contributed by atoms with Gasteiger partial charge in [0.2, 0.25) is 0 Å². The van der Waals surface area contributed by atoms with Crippen LogP contribution in [0.4, 0.5) is 23.6 Å². The Kier molecular flexibility index (Phi) is 3.43. The van der Waals surface area contributed by atoms with E-state index < -0.39 is 29.0 Å². The number of rotatable bonds is 2. The molecule has 0 aliphatic carbocycles. The minimum atomic E-state index is -4.68. The Morgan fingerprint density at radius 2 is 2.05 bits per heavy atom. The third kappa shape index (κ3) is 2.92. The fourth-order valence-electron chi connectivity index (χ4n) is 1.39. The SMILES string of the molecule is Cc1noc(NC(=O)c2cc(C(F)(F)F)ccc2F)n1. The predicted octanol–water partition coefficient (Wildman–Crippen LogP) is 2.79. The number of carbonyl (C=O) groups is 1. The van der Waals surface area contributed by atoms with Crippen LogP contribution in [0.5, 0.6) is 0 Å². The normalized spacial score (nSPS) is 11.4. The maximum absolute atomic E-state index is 13.4. The standard InChI is InChI=1S/C11H7F4N3O2/c1-5-16-10(20-18-5)17-9(19)7-4-6(11(13,14)15)2-3-8(7)12/h2-4H,1H3,(H,16,17,18,19). The zero-order valence-electron chi connectivity index (χ0n) is 9.95. The zero-order valence-corrected chi connectivity index (χ0v) is 9.95. The van der Waals surface area contributed by atoms with Crippen molar-refractivity contribution in [2.24, 2.45) is 0 Å². The maximum Gasteiger partial charge on any atom is 0.416 e. The van der Waals surface area contributed by atoms with Crippen LogP contribution in [-0.4, -0.2) is 16.0 Å². The van der Waals surface area contributed by atoms with Crippen molar-refractivity contribution in [1.29, 1.82) is 0 Å². The van der Waals surface area contributed by atoms with Crippen LogP contribution < -0.4 is 5.32 Å². The van der Waals surface area contributed by atoms with Crippen LogP contribution in [-0.2, 0) is 6.18 Å². The van der Waals surface area contributed by atoms with Gasteiger partial charge < -0.3 is 4.52 Å². The molecule has 0 fully saturated rings. The molecule has 1 N–H and O–H groups in total. The van der Waals surface area contributed by atoms with E-state index in [0.717, 1.165) is 0 Å². The molecule has 2 rings (SSSR count). The molecule has 0 spiro atoms. The number of aromatic nitrogens is 2. The molecule has 0 aliphatic heterocycles. The minimum Gasteiger partial charge on any atom is -0.315 e. The van der Waals surface area contributed by atoms with Crippen molar-refractivity contribution in [1.82, 2.24) is 10.1 Å². The summed E-state index contributed by atoms with van der Waals surface area (Å²) in [5, 5.41) is 5.38. The first-order chi connectivity index (χ1) is 9.27. The average Bonchev–Trinajstić information content (AvgIpc) is 2.73. The molecule has 2 aromatic rings. The Bertz CT molecular complexity index is 651. The summed E-state index contributed by atoms with van der Waals surface area (Å²) in [4.78, 5) is 15.3. The van der Waals surface area contributed by atoms with Crippen molar-refractivity contribution in [3.05, 3.63) is 41.0 Å². The number of carbonyl (C=O) groups excluding carboxylic acids is 1. The van der Waals surface area contributed by atoms with Gasteiger partial charge in [-0.25, -0.2) is 4.39 Å². The summed E-state index contributed by atoms with van der Waals surface area (Å²) in [7, 11) is 0. The van der Waals surface area contributed by atoms with Gasteiger partial charge >= 0.3 is 12.2 Å². The molecule has 0 saturated carbocycles. The maximum atomic E-state index is 13.4. The van der Waals surface area contributed by atoms with E-state index in [1.807, 2.05) is 5.32 Å². The lowest BCUT2D eigenvalue weighted by Gasteiger charge is -2.08. The lowest BCUT2D eigenvalue weighted by atomic mass is 10.1. The van der Waals surface area contributed by atoms with Gasteiger partial charge in [-0.15, -0.1) is 0 Å². The van der Waals surface area contributed by atoms with Crippen molar-refractivity contribution in [3.63, 3.8) is 0 Å². The molecule has 0 unspecified atom stereocenters. The van der Waals surface area contributed by atoms with E-state index in [2.05, 4.69) is 14.7 Å². The average molecular weight is 289 g/mol. The molecule has 0 radical (unpaired) electrons. The molecule has 0 bridgehead atoms. The Labute approximate surface area is 109 Å². The fourth-order valence-corrected chi connectivity index (χ4v) is 1.39. The van der Waals surface area contributed by atoms with E-state index in [0.29, 0.717) is 18.2 Å². The number of benzene rings is 1. The summed E-state index contributed by atoms with van der Waals surface area (Å²) in [5.41, 5.74) is -1.90. The minimum absolute atomic E-state index is 0.213. The quantitative estimate of drug-likeness (QED) is 0.863. The lowest BCUT2D eigenvalue weighted by Crippen LogP contribution is -2.16. The molecule has 5 nitrogen and oxygen atoms in total. The van der Waals surface area contributed by atoms with E-state index in [1.165, 1.54) is 6.92 Å². The van der Waals surface area contributed by atoms with Gasteiger partial charge in [0, 0.05) is 0 Å². The van der Waals surface area contributed by atoms with Gasteiger partial charge in [-0.1, -0.05) is 5.16 Å². The highest BCUT2D eigenvalue weighted by Crippen LogP contribution is 2.30. The number of halogens is 4. The monoisotopic (exact) mass is 289 g/mol. The van der Waals surface area contributed by atoms with E-state index in [1.54, 1.807) is 0 Å². The van der Waals surface area contributed by atoms with Crippen LogP contribution in [0.15, 0.2) is 22.7 Å². The van der Waals surface area contributed by atoms with Gasteiger partial charge in [-0.05, 0) is 25.1 Å². The van der Waals surface area contributed by atoms with Crippen molar-refractivity contribution < 1.29 is 26.9 Å². The molecular formula is C11H7F4N3O2. The highest BCUT2D eigenvalue weighted by molar-refractivity contribution is 6.03. The van der Waals surface area contributed by atoms with Crippen LogP contribution in [0.3, 0.4) is 0 Å². The van der Waals surface area contributed by atoms with E-state index in [-0.39, 0.29) is 11.8 Å². The number of nitrogens with zero attached hydrogens (tertiary/aromatic N) is 2. The van der Waals surface area contributed by atoms with Gasteiger partial charge in [0.25, 0.3) is 5.91 Å². The summed E-state index contributed by atoms with van der Waals surface area (Å²) in [6, 6.07) is 1.19. The Balaban J connectivity index is 2.29. The van der Waals surface area contributed by atoms with Crippen LogP contribution in [0, 0.1) is 12.7 Å². The van der Waals surface area contributed by atoms with Crippen molar-refractivity contribution in [3.8, 4) is 0 Å².